The van der Waals surface area contributed by atoms with E-state index in [1.807, 2.05) is 12.3 Å². The number of amides is 1. The van der Waals surface area contributed by atoms with E-state index in [0.717, 1.165) is 23.5 Å². The van der Waals surface area contributed by atoms with Crippen molar-refractivity contribution >= 4 is 34.5 Å². The Hall–Kier alpha value is -1.01. The third kappa shape index (κ3) is 4.23. The first-order valence-electron chi connectivity index (χ1n) is 7.33. The number of hydrogen-bond donors (Lipinski definition) is 1. The van der Waals surface area contributed by atoms with Crippen molar-refractivity contribution in [2.75, 3.05) is 7.05 Å². The maximum Gasteiger partial charge on any atom is 0.235 e. The monoisotopic (exact) mass is 327 g/mol. The zero-order valence-corrected chi connectivity index (χ0v) is 14.9. The SMILES string of the molecule is CCCC(CCC)(C(=O)N(C)Cc1csc(C)n1)C(N)=S. The first kappa shape index (κ1) is 18.0. The van der Waals surface area contributed by atoms with Crippen molar-refractivity contribution in [1.82, 2.24) is 9.88 Å². The van der Waals surface area contributed by atoms with Gasteiger partial charge in [-0.15, -0.1) is 11.3 Å². The molecule has 1 aromatic rings. The van der Waals surface area contributed by atoms with E-state index in [1.54, 1.807) is 23.3 Å². The fourth-order valence-electron chi connectivity index (χ4n) is 2.71. The molecule has 0 bridgehead atoms. The van der Waals surface area contributed by atoms with Gasteiger partial charge in [-0.3, -0.25) is 4.79 Å². The standard InChI is InChI=1S/C15H25N3OS2/c1-5-7-15(8-6-2,13(16)20)14(19)18(4)9-12-10-21-11(3)17-12/h10H,5-9H2,1-4H3,(H2,16,20). The third-order valence-corrected chi connectivity index (χ3v) is 4.86. The first-order valence-corrected chi connectivity index (χ1v) is 8.62. The molecule has 0 spiro atoms. The zero-order valence-electron chi connectivity index (χ0n) is 13.3. The van der Waals surface area contributed by atoms with Crippen LogP contribution in [0.2, 0.25) is 0 Å². The van der Waals surface area contributed by atoms with Gasteiger partial charge in [0.15, 0.2) is 0 Å². The van der Waals surface area contributed by atoms with Crippen molar-refractivity contribution in [2.45, 2.75) is 53.0 Å². The number of carbonyl (C=O) groups excluding carboxylic acids is 1. The molecule has 1 rings (SSSR count). The van der Waals surface area contributed by atoms with E-state index in [1.165, 1.54) is 0 Å². The highest BCUT2D eigenvalue weighted by molar-refractivity contribution is 7.80. The maximum absolute atomic E-state index is 12.9. The van der Waals surface area contributed by atoms with Crippen LogP contribution in [0.1, 0.15) is 50.2 Å². The molecule has 118 valence electrons. The van der Waals surface area contributed by atoms with E-state index in [2.05, 4.69) is 18.8 Å². The highest BCUT2D eigenvalue weighted by Gasteiger charge is 2.41. The Labute approximate surface area is 136 Å². The van der Waals surface area contributed by atoms with E-state index >= 15 is 0 Å². The number of carbonyl (C=O) groups is 1. The lowest BCUT2D eigenvalue weighted by atomic mass is 9.77. The van der Waals surface area contributed by atoms with Gasteiger partial charge in [0.2, 0.25) is 5.91 Å². The van der Waals surface area contributed by atoms with Crippen molar-refractivity contribution in [1.29, 1.82) is 0 Å². The highest BCUT2D eigenvalue weighted by Crippen LogP contribution is 2.33. The van der Waals surface area contributed by atoms with Gasteiger partial charge in [-0.2, -0.15) is 0 Å². The van der Waals surface area contributed by atoms with Crippen LogP contribution in [0.3, 0.4) is 0 Å². The molecule has 0 radical (unpaired) electrons. The summed E-state index contributed by atoms with van der Waals surface area (Å²) in [4.78, 5) is 19.4. The Balaban J connectivity index is 2.95. The first-order chi connectivity index (χ1) is 9.87. The maximum atomic E-state index is 12.9. The summed E-state index contributed by atoms with van der Waals surface area (Å²) in [6, 6.07) is 0. The van der Waals surface area contributed by atoms with E-state index in [4.69, 9.17) is 18.0 Å². The molecule has 1 aromatic heterocycles. The molecule has 0 saturated carbocycles. The molecule has 0 aliphatic rings. The number of thiocarbonyl (C=S) groups is 1. The topological polar surface area (TPSA) is 59.2 Å². The second kappa shape index (κ2) is 7.84. The van der Waals surface area contributed by atoms with Crippen molar-refractivity contribution in [3.05, 3.63) is 16.1 Å². The average molecular weight is 328 g/mol. The second-order valence-corrected chi connectivity index (χ2v) is 6.97. The summed E-state index contributed by atoms with van der Waals surface area (Å²) in [5, 5.41) is 3.00. The summed E-state index contributed by atoms with van der Waals surface area (Å²) in [6.45, 7) is 6.57. The summed E-state index contributed by atoms with van der Waals surface area (Å²) in [7, 11) is 1.80. The van der Waals surface area contributed by atoms with Crippen LogP contribution < -0.4 is 5.73 Å². The summed E-state index contributed by atoms with van der Waals surface area (Å²) in [5.74, 6) is 0.0179. The molecule has 1 heterocycles. The molecule has 0 fully saturated rings. The molecular formula is C15H25N3OS2. The molecule has 0 aromatic carbocycles. The van der Waals surface area contributed by atoms with Crippen LogP contribution in [-0.2, 0) is 11.3 Å². The molecule has 0 unspecified atom stereocenters. The quantitative estimate of drug-likeness (QED) is 0.744. The van der Waals surface area contributed by atoms with Crippen LogP contribution >= 0.6 is 23.6 Å². The van der Waals surface area contributed by atoms with Crippen molar-refractivity contribution in [3.8, 4) is 0 Å². The summed E-state index contributed by atoms with van der Waals surface area (Å²) in [5.41, 5.74) is 6.16. The Morgan fingerprint density at radius 2 is 2.00 bits per heavy atom. The second-order valence-electron chi connectivity index (χ2n) is 5.47. The predicted molar refractivity (Wildman–Crippen MR) is 92.4 cm³/mol. The van der Waals surface area contributed by atoms with Crippen molar-refractivity contribution in [2.24, 2.45) is 11.1 Å². The van der Waals surface area contributed by atoms with E-state index in [0.29, 0.717) is 24.4 Å². The molecular weight excluding hydrogens is 302 g/mol. The minimum absolute atomic E-state index is 0.0179. The van der Waals surface area contributed by atoms with Gasteiger partial charge in [0.25, 0.3) is 0 Å². The van der Waals surface area contributed by atoms with E-state index in [-0.39, 0.29) is 5.91 Å². The molecule has 0 aliphatic heterocycles. The molecule has 6 heteroatoms. The summed E-state index contributed by atoms with van der Waals surface area (Å²) < 4.78 is 0. The number of hydrogen-bond acceptors (Lipinski definition) is 4. The molecule has 0 aliphatic carbocycles. The van der Waals surface area contributed by atoms with Gasteiger partial charge < -0.3 is 10.6 Å². The van der Waals surface area contributed by atoms with Gasteiger partial charge in [0.1, 0.15) is 0 Å². The zero-order chi connectivity index (χ0) is 16.0. The fraction of sp³-hybridized carbons (Fsp3) is 0.667. The largest absolute Gasteiger partial charge is 0.392 e. The highest BCUT2D eigenvalue weighted by atomic mass is 32.1. The predicted octanol–water partition coefficient (Wildman–Crippen LogP) is 3.28. The molecule has 0 saturated heterocycles. The number of rotatable bonds is 8. The van der Waals surface area contributed by atoms with Crippen LogP contribution in [0.4, 0.5) is 0 Å². The third-order valence-electron chi connectivity index (χ3n) is 3.65. The van der Waals surface area contributed by atoms with Gasteiger partial charge in [-0.05, 0) is 19.8 Å². The number of nitrogens with two attached hydrogens (primary N) is 1. The average Bonchev–Trinajstić information content (AvgIpc) is 2.82. The minimum Gasteiger partial charge on any atom is -0.392 e. The number of aromatic nitrogens is 1. The van der Waals surface area contributed by atoms with E-state index < -0.39 is 5.41 Å². The molecule has 2 N–H and O–H groups in total. The van der Waals surface area contributed by atoms with E-state index in [9.17, 15) is 4.79 Å². The lowest BCUT2D eigenvalue weighted by Gasteiger charge is -2.34. The number of aryl methyl sites for hydroxylation is 1. The molecule has 1 amide bonds. The lowest BCUT2D eigenvalue weighted by molar-refractivity contribution is -0.138. The smallest absolute Gasteiger partial charge is 0.235 e. The Morgan fingerprint density at radius 1 is 1.43 bits per heavy atom. The van der Waals surface area contributed by atoms with Crippen LogP contribution in [-0.4, -0.2) is 27.8 Å². The van der Waals surface area contributed by atoms with Gasteiger partial charge in [0, 0.05) is 12.4 Å². The van der Waals surface area contributed by atoms with Gasteiger partial charge in [-0.1, -0.05) is 38.9 Å². The van der Waals surface area contributed by atoms with Gasteiger partial charge >= 0.3 is 0 Å². The van der Waals surface area contributed by atoms with Crippen molar-refractivity contribution < 1.29 is 4.79 Å². The van der Waals surface area contributed by atoms with Gasteiger partial charge in [-0.25, -0.2) is 4.98 Å². The summed E-state index contributed by atoms with van der Waals surface area (Å²) in [6.07, 6.45) is 3.17. The number of nitrogens with zero attached hydrogens (tertiary/aromatic N) is 2. The Bertz CT molecular complexity index is 493. The summed E-state index contributed by atoms with van der Waals surface area (Å²) >= 11 is 6.83. The Kier molecular flexibility index (Phi) is 6.74. The van der Waals surface area contributed by atoms with Crippen LogP contribution in [0.5, 0.6) is 0 Å². The minimum atomic E-state index is -0.710. The van der Waals surface area contributed by atoms with Gasteiger partial charge in [0.05, 0.1) is 27.6 Å². The number of thiazole rings is 1. The van der Waals surface area contributed by atoms with Crippen LogP contribution in [0, 0.1) is 12.3 Å². The molecule has 21 heavy (non-hydrogen) atoms. The normalized spacial score (nSPS) is 11.4. The Morgan fingerprint density at radius 3 is 2.38 bits per heavy atom. The molecule has 4 nitrogen and oxygen atoms in total. The molecule has 0 atom stereocenters. The van der Waals surface area contributed by atoms with Crippen LogP contribution in [0.15, 0.2) is 5.38 Å². The fourth-order valence-corrected chi connectivity index (χ4v) is 3.60. The van der Waals surface area contributed by atoms with Crippen molar-refractivity contribution in [3.63, 3.8) is 0 Å². The van der Waals surface area contributed by atoms with Crippen LogP contribution in [0.25, 0.3) is 0 Å². The lowest BCUT2D eigenvalue weighted by Crippen LogP contribution is -2.49.